The van der Waals surface area contributed by atoms with Gasteiger partial charge in [0.1, 0.15) is 5.75 Å². The third-order valence-corrected chi connectivity index (χ3v) is 6.33. The van der Waals surface area contributed by atoms with E-state index >= 15 is 0 Å². The fourth-order valence-corrected chi connectivity index (χ4v) is 4.49. The Kier molecular flexibility index (Phi) is 8.13. The summed E-state index contributed by atoms with van der Waals surface area (Å²) in [5.74, 6) is 2.12. The van der Waals surface area contributed by atoms with Crippen LogP contribution in [0.5, 0.6) is 17.2 Å². The Balaban J connectivity index is 1.45. The molecule has 0 spiro atoms. The normalized spacial score (nSPS) is 11.9. The molecule has 1 aromatic heterocycles. The fraction of sp³-hybridized carbons (Fsp3) is 0.276. The van der Waals surface area contributed by atoms with Gasteiger partial charge in [0.15, 0.2) is 11.5 Å². The van der Waals surface area contributed by atoms with Gasteiger partial charge in [-0.1, -0.05) is 36.4 Å². The molecule has 1 unspecified atom stereocenters. The molecule has 3 aromatic carbocycles. The van der Waals surface area contributed by atoms with Crippen molar-refractivity contribution in [3.8, 4) is 17.2 Å². The van der Waals surface area contributed by atoms with Gasteiger partial charge in [0, 0.05) is 36.1 Å². The number of benzene rings is 3. The molecule has 188 valence electrons. The molecular formula is C29H33N3O4. The van der Waals surface area contributed by atoms with Crippen molar-refractivity contribution in [2.75, 3.05) is 41.5 Å². The summed E-state index contributed by atoms with van der Waals surface area (Å²) in [5.41, 5.74) is 4.37. The number of hydrogen-bond acceptors (Lipinski definition) is 5. The van der Waals surface area contributed by atoms with Crippen LogP contribution in [0.25, 0.3) is 10.9 Å². The first kappa shape index (κ1) is 25.1. The quantitative estimate of drug-likeness (QED) is 0.324. The number of carbonyl (C=O) groups is 1. The molecule has 7 heteroatoms. The lowest BCUT2D eigenvalue weighted by Gasteiger charge is -2.21. The number of fused-ring (bicyclic) bond motifs is 1. The van der Waals surface area contributed by atoms with Gasteiger partial charge in [0.2, 0.25) is 5.91 Å². The molecule has 0 aliphatic heterocycles. The number of para-hydroxylation sites is 1. The van der Waals surface area contributed by atoms with E-state index in [-0.39, 0.29) is 18.4 Å². The van der Waals surface area contributed by atoms with Crippen molar-refractivity contribution in [3.63, 3.8) is 0 Å². The Hall–Kier alpha value is -3.97. The molecule has 1 amide bonds. The van der Waals surface area contributed by atoms with Crippen molar-refractivity contribution in [1.29, 1.82) is 0 Å². The smallest absolute Gasteiger partial charge is 0.234 e. The summed E-state index contributed by atoms with van der Waals surface area (Å²) in [7, 11) is 6.82. The molecule has 4 rings (SSSR count). The molecule has 0 saturated carbocycles. The van der Waals surface area contributed by atoms with Gasteiger partial charge in [-0.15, -0.1) is 0 Å². The van der Waals surface area contributed by atoms with Crippen LogP contribution in [0.2, 0.25) is 0 Å². The van der Waals surface area contributed by atoms with Gasteiger partial charge in [-0.25, -0.2) is 0 Å². The highest BCUT2D eigenvalue weighted by atomic mass is 16.5. The Morgan fingerprint density at radius 2 is 1.69 bits per heavy atom. The van der Waals surface area contributed by atoms with E-state index in [4.69, 9.17) is 14.2 Å². The van der Waals surface area contributed by atoms with Crippen LogP contribution in [0.3, 0.4) is 0 Å². The molecule has 2 N–H and O–H groups in total. The van der Waals surface area contributed by atoms with Gasteiger partial charge >= 0.3 is 0 Å². The number of likely N-dealkylation sites (N-methyl/N-ethyl adjacent to an activating group) is 1. The van der Waals surface area contributed by atoms with Crippen LogP contribution < -0.4 is 19.5 Å². The number of amides is 1. The number of carbonyl (C=O) groups excluding carboxylic acids is 1. The number of hydrogen-bond donors (Lipinski definition) is 2. The highest BCUT2D eigenvalue weighted by Gasteiger charge is 2.20. The zero-order valence-corrected chi connectivity index (χ0v) is 21.2. The van der Waals surface area contributed by atoms with Crippen LogP contribution in [0.4, 0.5) is 0 Å². The van der Waals surface area contributed by atoms with E-state index < -0.39 is 0 Å². The van der Waals surface area contributed by atoms with Crippen molar-refractivity contribution in [1.82, 2.24) is 15.2 Å². The number of rotatable bonds is 11. The van der Waals surface area contributed by atoms with Gasteiger partial charge in [-0.3, -0.25) is 9.69 Å². The molecule has 0 fully saturated rings. The van der Waals surface area contributed by atoms with E-state index in [1.807, 2.05) is 60.6 Å². The number of ether oxygens (including phenoxy) is 3. The van der Waals surface area contributed by atoms with Crippen LogP contribution in [-0.4, -0.2) is 57.3 Å². The number of nitrogens with zero attached hydrogens (tertiary/aromatic N) is 1. The van der Waals surface area contributed by atoms with Crippen molar-refractivity contribution in [3.05, 3.63) is 89.6 Å². The summed E-state index contributed by atoms with van der Waals surface area (Å²) in [5, 5.41) is 4.30. The van der Waals surface area contributed by atoms with Crippen LogP contribution in [0, 0.1) is 0 Å². The van der Waals surface area contributed by atoms with Crippen molar-refractivity contribution in [2.45, 2.75) is 12.5 Å². The van der Waals surface area contributed by atoms with E-state index in [9.17, 15) is 4.79 Å². The van der Waals surface area contributed by atoms with Gasteiger partial charge < -0.3 is 24.5 Å². The summed E-state index contributed by atoms with van der Waals surface area (Å²) in [4.78, 5) is 18.2. The van der Waals surface area contributed by atoms with Gasteiger partial charge in [-0.2, -0.15) is 0 Å². The molecule has 7 nitrogen and oxygen atoms in total. The molecule has 1 heterocycles. The second kappa shape index (κ2) is 11.6. The van der Waals surface area contributed by atoms with Gasteiger partial charge in [0.05, 0.1) is 27.9 Å². The minimum atomic E-state index is -0.0312. The Morgan fingerprint density at radius 3 is 2.42 bits per heavy atom. The second-order valence-corrected chi connectivity index (χ2v) is 8.78. The average molecular weight is 488 g/mol. The van der Waals surface area contributed by atoms with Crippen LogP contribution in [0.1, 0.15) is 22.6 Å². The van der Waals surface area contributed by atoms with E-state index in [2.05, 4.69) is 34.6 Å². The molecule has 4 aromatic rings. The van der Waals surface area contributed by atoms with E-state index in [1.165, 1.54) is 0 Å². The lowest BCUT2D eigenvalue weighted by Crippen LogP contribution is -2.37. The topological polar surface area (TPSA) is 75.8 Å². The molecule has 0 saturated heterocycles. The first-order valence-electron chi connectivity index (χ1n) is 11.9. The molecule has 0 aliphatic carbocycles. The fourth-order valence-electron chi connectivity index (χ4n) is 4.49. The van der Waals surface area contributed by atoms with Gasteiger partial charge in [-0.05, 0) is 54.1 Å². The summed E-state index contributed by atoms with van der Waals surface area (Å²) < 4.78 is 16.0. The maximum absolute atomic E-state index is 12.9. The van der Waals surface area contributed by atoms with Crippen molar-refractivity contribution < 1.29 is 19.0 Å². The summed E-state index contributed by atoms with van der Waals surface area (Å²) in [6.07, 6.45) is 2.04. The number of methoxy groups -OCH3 is 3. The largest absolute Gasteiger partial charge is 0.497 e. The van der Waals surface area contributed by atoms with Crippen LogP contribution >= 0.6 is 0 Å². The Labute approximate surface area is 212 Å². The van der Waals surface area contributed by atoms with Gasteiger partial charge in [0.25, 0.3) is 0 Å². The highest BCUT2D eigenvalue weighted by molar-refractivity contribution is 5.84. The molecular weight excluding hydrogens is 454 g/mol. The third kappa shape index (κ3) is 5.80. The summed E-state index contributed by atoms with van der Waals surface area (Å²) >= 11 is 0. The zero-order chi connectivity index (χ0) is 25.5. The SMILES string of the molecule is COc1ccc(C(CNC(=O)CN(C)Cc2ccc(OC)c(OC)c2)c2c[nH]c3ccccc23)cc1. The summed E-state index contributed by atoms with van der Waals surface area (Å²) in [6.45, 7) is 1.37. The number of aromatic nitrogens is 1. The highest BCUT2D eigenvalue weighted by Crippen LogP contribution is 2.31. The Bertz CT molecular complexity index is 1300. The third-order valence-electron chi connectivity index (χ3n) is 6.33. The van der Waals surface area contributed by atoms with E-state index in [0.717, 1.165) is 33.3 Å². The molecule has 0 bridgehead atoms. The standard InChI is InChI=1S/C29H33N3O4/c1-32(18-20-9-14-27(35-3)28(15-20)36-4)19-29(33)31-16-24(21-10-12-22(34-2)13-11-21)25-17-30-26-8-6-5-7-23(25)26/h5-15,17,24,30H,16,18-19H2,1-4H3,(H,31,33). The average Bonchev–Trinajstić information content (AvgIpc) is 3.33. The molecule has 1 atom stereocenters. The lowest BCUT2D eigenvalue weighted by atomic mass is 9.90. The number of nitrogens with one attached hydrogen (secondary N) is 2. The zero-order valence-electron chi connectivity index (χ0n) is 21.2. The first-order valence-corrected chi connectivity index (χ1v) is 11.9. The summed E-state index contributed by atoms with van der Waals surface area (Å²) in [6, 6.07) is 22.0. The minimum absolute atomic E-state index is 0.00726. The maximum atomic E-state index is 12.9. The number of H-pyrrole nitrogens is 1. The van der Waals surface area contributed by atoms with Crippen LogP contribution in [0.15, 0.2) is 72.9 Å². The molecule has 0 aliphatic rings. The van der Waals surface area contributed by atoms with Crippen molar-refractivity contribution >= 4 is 16.8 Å². The second-order valence-electron chi connectivity index (χ2n) is 8.78. The Morgan fingerprint density at radius 1 is 0.944 bits per heavy atom. The predicted molar refractivity (Wildman–Crippen MR) is 142 cm³/mol. The van der Waals surface area contributed by atoms with Crippen LogP contribution in [-0.2, 0) is 11.3 Å². The maximum Gasteiger partial charge on any atom is 0.234 e. The van der Waals surface area contributed by atoms with E-state index in [0.29, 0.717) is 24.6 Å². The lowest BCUT2D eigenvalue weighted by molar-refractivity contribution is -0.122. The van der Waals surface area contributed by atoms with Crippen molar-refractivity contribution in [2.24, 2.45) is 0 Å². The molecule has 36 heavy (non-hydrogen) atoms. The van der Waals surface area contributed by atoms with E-state index in [1.54, 1.807) is 21.3 Å². The molecule has 0 radical (unpaired) electrons. The first-order chi connectivity index (χ1) is 17.5. The minimum Gasteiger partial charge on any atom is -0.497 e. The predicted octanol–water partition coefficient (Wildman–Crippen LogP) is 4.57. The monoisotopic (exact) mass is 487 g/mol. The number of aromatic amines is 1.